The molecule has 0 unspecified atom stereocenters. The predicted octanol–water partition coefficient (Wildman–Crippen LogP) is 3.40. The zero-order valence-electron chi connectivity index (χ0n) is 9.70. The summed E-state index contributed by atoms with van der Waals surface area (Å²) < 4.78 is 0. The van der Waals surface area contributed by atoms with Crippen LogP contribution in [0.15, 0.2) is 28.0 Å². The molecule has 84 valence electrons. The summed E-state index contributed by atoms with van der Waals surface area (Å²) >= 11 is 3.52. The van der Waals surface area contributed by atoms with Crippen LogP contribution in [-0.2, 0) is 5.41 Å². The highest BCUT2D eigenvalue weighted by atomic mass is 32.2. The van der Waals surface area contributed by atoms with Gasteiger partial charge < -0.3 is 5.11 Å². The first-order chi connectivity index (χ1) is 7.06. The van der Waals surface area contributed by atoms with Crippen molar-refractivity contribution < 1.29 is 5.11 Å². The second-order valence-corrected chi connectivity index (χ2v) is 5.75. The SMILES string of the molecule is CSc1cccc(C(C)(C)CO)c1SC. The normalized spacial score (nSPS) is 11.8. The van der Waals surface area contributed by atoms with E-state index in [0.29, 0.717) is 0 Å². The van der Waals surface area contributed by atoms with Gasteiger partial charge in [-0.2, -0.15) is 0 Å². The van der Waals surface area contributed by atoms with Crippen LogP contribution >= 0.6 is 23.5 Å². The minimum atomic E-state index is -0.163. The van der Waals surface area contributed by atoms with Gasteiger partial charge in [0.15, 0.2) is 0 Å². The van der Waals surface area contributed by atoms with E-state index in [0.717, 1.165) is 0 Å². The van der Waals surface area contributed by atoms with Crippen molar-refractivity contribution in [1.82, 2.24) is 0 Å². The number of benzene rings is 1. The molecular formula is C12H18OS2. The van der Waals surface area contributed by atoms with E-state index in [9.17, 15) is 5.11 Å². The van der Waals surface area contributed by atoms with E-state index >= 15 is 0 Å². The van der Waals surface area contributed by atoms with E-state index < -0.39 is 0 Å². The molecular weight excluding hydrogens is 224 g/mol. The Balaban J connectivity index is 3.29. The Morgan fingerprint density at radius 3 is 2.33 bits per heavy atom. The molecule has 1 N–H and O–H groups in total. The maximum atomic E-state index is 9.41. The van der Waals surface area contributed by atoms with E-state index in [4.69, 9.17) is 0 Å². The number of hydrogen-bond donors (Lipinski definition) is 1. The van der Waals surface area contributed by atoms with E-state index in [-0.39, 0.29) is 12.0 Å². The van der Waals surface area contributed by atoms with Crippen LogP contribution < -0.4 is 0 Å². The first-order valence-electron chi connectivity index (χ1n) is 4.89. The Morgan fingerprint density at radius 1 is 1.20 bits per heavy atom. The van der Waals surface area contributed by atoms with Crippen LogP contribution in [0.2, 0.25) is 0 Å². The molecule has 0 aliphatic rings. The molecule has 0 atom stereocenters. The molecule has 1 rings (SSSR count). The maximum absolute atomic E-state index is 9.41. The average Bonchev–Trinajstić information content (AvgIpc) is 2.27. The molecule has 1 aromatic carbocycles. The largest absolute Gasteiger partial charge is 0.395 e. The summed E-state index contributed by atoms with van der Waals surface area (Å²) in [6.45, 7) is 4.33. The Hall–Kier alpha value is -0.120. The summed E-state index contributed by atoms with van der Waals surface area (Å²) in [5.41, 5.74) is 1.08. The van der Waals surface area contributed by atoms with Gasteiger partial charge in [-0.15, -0.1) is 23.5 Å². The lowest BCUT2D eigenvalue weighted by Crippen LogP contribution is -2.23. The molecule has 0 aliphatic carbocycles. The standard InChI is InChI=1S/C12H18OS2/c1-12(2,8-13)9-6-5-7-10(14-3)11(9)15-4/h5-7,13H,8H2,1-4H3. The summed E-state index contributed by atoms with van der Waals surface area (Å²) in [6, 6.07) is 6.31. The lowest BCUT2D eigenvalue weighted by Gasteiger charge is -2.25. The lowest BCUT2D eigenvalue weighted by molar-refractivity contribution is 0.216. The topological polar surface area (TPSA) is 20.2 Å². The molecule has 0 saturated heterocycles. The van der Waals surface area contributed by atoms with Gasteiger partial charge in [-0.1, -0.05) is 26.0 Å². The molecule has 1 aromatic rings. The predicted molar refractivity (Wildman–Crippen MR) is 70.1 cm³/mol. The summed E-state index contributed by atoms with van der Waals surface area (Å²) in [6.07, 6.45) is 4.18. The average molecular weight is 242 g/mol. The fourth-order valence-electron chi connectivity index (χ4n) is 1.51. The van der Waals surface area contributed by atoms with Crippen molar-refractivity contribution in [2.24, 2.45) is 0 Å². The molecule has 0 fully saturated rings. The molecule has 0 radical (unpaired) electrons. The summed E-state index contributed by atoms with van der Waals surface area (Å²) in [5, 5.41) is 9.41. The van der Waals surface area contributed by atoms with Gasteiger partial charge in [0.1, 0.15) is 0 Å². The Morgan fingerprint density at radius 2 is 1.87 bits per heavy atom. The Kier molecular flexibility index (Phi) is 4.56. The van der Waals surface area contributed by atoms with Gasteiger partial charge in [0.05, 0.1) is 6.61 Å². The van der Waals surface area contributed by atoms with Gasteiger partial charge in [0.25, 0.3) is 0 Å². The van der Waals surface area contributed by atoms with Crippen LogP contribution in [0.4, 0.5) is 0 Å². The Bertz CT molecular complexity index is 334. The highest BCUT2D eigenvalue weighted by Crippen LogP contribution is 2.37. The first-order valence-corrected chi connectivity index (χ1v) is 7.34. The van der Waals surface area contributed by atoms with E-state index in [2.05, 4.69) is 44.6 Å². The van der Waals surface area contributed by atoms with Gasteiger partial charge in [0.2, 0.25) is 0 Å². The molecule has 0 aliphatic heterocycles. The minimum absolute atomic E-state index is 0.163. The van der Waals surface area contributed by atoms with Crippen LogP contribution in [0.3, 0.4) is 0 Å². The quantitative estimate of drug-likeness (QED) is 0.817. The number of hydrogen-bond acceptors (Lipinski definition) is 3. The molecule has 1 nitrogen and oxygen atoms in total. The molecule has 0 saturated carbocycles. The Labute approximate surface area is 101 Å². The van der Waals surface area contributed by atoms with Gasteiger partial charge >= 0.3 is 0 Å². The maximum Gasteiger partial charge on any atom is 0.0523 e. The van der Waals surface area contributed by atoms with Crippen molar-refractivity contribution in [2.75, 3.05) is 19.1 Å². The van der Waals surface area contributed by atoms with Crippen LogP contribution in [0, 0.1) is 0 Å². The summed E-state index contributed by atoms with van der Waals surface area (Å²) in [5.74, 6) is 0. The summed E-state index contributed by atoms with van der Waals surface area (Å²) in [4.78, 5) is 2.59. The lowest BCUT2D eigenvalue weighted by atomic mass is 9.85. The summed E-state index contributed by atoms with van der Waals surface area (Å²) in [7, 11) is 0. The van der Waals surface area contributed by atoms with Crippen molar-refractivity contribution in [3.63, 3.8) is 0 Å². The van der Waals surface area contributed by atoms with E-state index in [1.165, 1.54) is 15.4 Å². The fraction of sp³-hybridized carbons (Fsp3) is 0.500. The van der Waals surface area contributed by atoms with Gasteiger partial charge in [-0.3, -0.25) is 0 Å². The molecule has 0 spiro atoms. The first kappa shape index (κ1) is 12.9. The van der Waals surface area contributed by atoms with Crippen molar-refractivity contribution >= 4 is 23.5 Å². The number of aliphatic hydroxyl groups excluding tert-OH is 1. The second kappa shape index (κ2) is 5.28. The van der Waals surface area contributed by atoms with E-state index in [1.54, 1.807) is 23.5 Å². The van der Waals surface area contributed by atoms with Crippen molar-refractivity contribution in [3.8, 4) is 0 Å². The van der Waals surface area contributed by atoms with Gasteiger partial charge in [-0.05, 0) is 24.1 Å². The highest BCUT2D eigenvalue weighted by molar-refractivity contribution is 8.01. The van der Waals surface area contributed by atoms with Crippen LogP contribution in [-0.4, -0.2) is 24.2 Å². The van der Waals surface area contributed by atoms with Crippen molar-refractivity contribution in [3.05, 3.63) is 23.8 Å². The third-order valence-electron chi connectivity index (χ3n) is 2.53. The van der Waals surface area contributed by atoms with Gasteiger partial charge in [0, 0.05) is 15.2 Å². The smallest absolute Gasteiger partial charge is 0.0523 e. The third kappa shape index (κ3) is 2.71. The number of aliphatic hydroxyl groups is 1. The van der Waals surface area contributed by atoms with Crippen LogP contribution in [0.25, 0.3) is 0 Å². The van der Waals surface area contributed by atoms with Crippen molar-refractivity contribution in [1.29, 1.82) is 0 Å². The molecule has 0 amide bonds. The molecule has 0 aromatic heterocycles. The highest BCUT2D eigenvalue weighted by Gasteiger charge is 2.23. The van der Waals surface area contributed by atoms with Crippen LogP contribution in [0.1, 0.15) is 19.4 Å². The van der Waals surface area contributed by atoms with Crippen molar-refractivity contribution in [2.45, 2.75) is 29.1 Å². The minimum Gasteiger partial charge on any atom is -0.395 e. The zero-order valence-corrected chi connectivity index (χ0v) is 11.3. The molecule has 0 bridgehead atoms. The second-order valence-electron chi connectivity index (χ2n) is 4.08. The third-order valence-corrected chi connectivity index (χ3v) is 4.28. The number of rotatable bonds is 4. The number of thioether (sulfide) groups is 2. The fourth-order valence-corrected chi connectivity index (χ4v) is 3.35. The van der Waals surface area contributed by atoms with Gasteiger partial charge in [-0.25, -0.2) is 0 Å². The zero-order chi connectivity index (χ0) is 11.5. The molecule has 3 heteroatoms. The molecule has 0 heterocycles. The van der Waals surface area contributed by atoms with E-state index in [1.807, 2.05) is 0 Å². The van der Waals surface area contributed by atoms with Crippen LogP contribution in [0.5, 0.6) is 0 Å². The molecule has 15 heavy (non-hydrogen) atoms. The monoisotopic (exact) mass is 242 g/mol.